The summed E-state index contributed by atoms with van der Waals surface area (Å²) in [5, 5.41) is 2.87. The van der Waals surface area contributed by atoms with Crippen molar-refractivity contribution in [1.82, 2.24) is 9.29 Å². The van der Waals surface area contributed by atoms with E-state index in [4.69, 9.17) is 16.6 Å². The third-order valence-electron chi connectivity index (χ3n) is 5.51. The number of sulfonamides is 1. The summed E-state index contributed by atoms with van der Waals surface area (Å²) in [7, 11) is -3.77. The standard InChI is InChI=1S/C23H25ClFN3O2S2/c1-2-3-17-4-6-18(7-5-17)14-20-16-31-23(26-20)27-10-12-28(13-11-27)32(29,30)22-9-8-19(25)15-21(22)24/h4-9,15-16H,2-3,10-14H2,1H3. The fourth-order valence-electron chi connectivity index (χ4n) is 3.79. The molecule has 1 saturated heterocycles. The zero-order chi connectivity index (χ0) is 22.7. The van der Waals surface area contributed by atoms with Crippen LogP contribution in [0.15, 0.2) is 52.7 Å². The van der Waals surface area contributed by atoms with Gasteiger partial charge in [-0.1, -0.05) is 49.2 Å². The molecule has 0 atom stereocenters. The Morgan fingerprint density at radius 1 is 1.06 bits per heavy atom. The number of anilines is 1. The van der Waals surface area contributed by atoms with Gasteiger partial charge >= 0.3 is 0 Å². The van der Waals surface area contributed by atoms with Crippen molar-refractivity contribution in [2.24, 2.45) is 0 Å². The number of aromatic nitrogens is 1. The van der Waals surface area contributed by atoms with Gasteiger partial charge in [0.25, 0.3) is 0 Å². The molecule has 1 fully saturated rings. The van der Waals surface area contributed by atoms with Crippen molar-refractivity contribution in [1.29, 1.82) is 0 Å². The van der Waals surface area contributed by atoms with Crippen LogP contribution in [0.5, 0.6) is 0 Å². The van der Waals surface area contributed by atoms with E-state index in [1.807, 2.05) is 0 Å². The smallest absolute Gasteiger partial charge is 0.244 e. The summed E-state index contributed by atoms with van der Waals surface area (Å²) in [5.74, 6) is -0.560. The van der Waals surface area contributed by atoms with Gasteiger partial charge in [-0.2, -0.15) is 4.31 Å². The zero-order valence-corrected chi connectivity index (χ0v) is 20.2. The minimum atomic E-state index is -3.77. The average molecular weight is 494 g/mol. The van der Waals surface area contributed by atoms with Gasteiger partial charge < -0.3 is 4.90 Å². The largest absolute Gasteiger partial charge is 0.345 e. The van der Waals surface area contributed by atoms with Gasteiger partial charge in [0.05, 0.1) is 10.7 Å². The number of thiazole rings is 1. The van der Waals surface area contributed by atoms with Gasteiger partial charge in [-0.15, -0.1) is 11.3 Å². The number of halogens is 2. The van der Waals surface area contributed by atoms with E-state index in [-0.39, 0.29) is 9.92 Å². The van der Waals surface area contributed by atoms with Crippen LogP contribution in [0.2, 0.25) is 5.02 Å². The molecule has 4 rings (SSSR count). The van der Waals surface area contributed by atoms with Crippen molar-refractivity contribution >= 4 is 38.1 Å². The van der Waals surface area contributed by atoms with E-state index >= 15 is 0 Å². The molecule has 0 radical (unpaired) electrons. The topological polar surface area (TPSA) is 53.5 Å². The number of hydrogen-bond acceptors (Lipinski definition) is 5. The number of benzene rings is 2. The predicted molar refractivity (Wildman–Crippen MR) is 128 cm³/mol. The predicted octanol–water partition coefficient (Wildman–Crippen LogP) is 4.99. The van der Waals surface area contributed by atoms with E-state index < -0.39 is 15.8 Å². The number of rotatable bonds is 7. The highest BCUT2D eigenvalue weighted by molar-refractivity contribution is 7.89. The van der Waals surface area contributed by atoms with Crippen molar-refractivity contribution in [2.75, 3.05) is 31.1 Å². The molecular formula is C23H25ClFN3O2S2. The van der Waals surface area contributed by atoms with E-state index in [0.717, 1.165) is 42.2 Å². The van der Waals surface area contributed by atoms with E-state index in [0.29, 0.717) is 26.2 Å². The summed E-state index contributed by atoms with van der Waals surface area (Å²) in [5.41, 5.74) is 3.60. The van der Waals surface area contributed by atoms with Crippen LogP contribution < -0.4 is 4.90 Å². The van der Waals surface area contributed by atoms with Gasteiger partial charge in [0.1, 0.15) is 10.7 Å². The van der Waals surface area contributed by atoms with Crippen molar-refractivity contribution in [3.8, 4) is 0 Å². The monoisotopic (exact) mass is 493 g/mol. The zero-order valence-electron chi connectivity index (χ0n) is 17.8. The summed E-state index contributed by atoms with van der Waals surface area (Å²) in [6.07, 6.45) is 3.01. The van der Waals surface area contributed by atoms with Crippen molar-refractivity contribution in [2.45, 2.75) is 31.1 Å². The van der Waals surface area contributed by atoms with Crippen LogP contribution in [-0.2, 0) is 22.9 Å². The van der Waals surface area contributed by atoms with Gasteiger partial charge in [0.15, 0.2) is 5.13 Å². The second-order valence-corrected chi connectivity index (χ2v) is 11.0. The molecule has 2 heterocycles. The summed E-state index contributed by atoms with van der Waals surface area (Å²) in [6.45, 7) is 3.90. The highest BCUT2D eigenvalue weighted by atomic mass is 35.5. The molecule has 0 amide bonds. The lowest BCUT2D eigenvalue weighted by atomic mass is 10.1. The first-order valence-electron chi connectivity index (χ1n) is 10.6. The second kappa shape index (κ2) is 9.87. The molecular weight excluding hydrogens is 469 g/mol. The second-order valence-electron chi connectivity index (χ2n) is 7.83. The molecule has 0 spiro atoms. The third-order valence-corrected chi connectivity index (χ3v) is 8.84. The molecule has 1 aliphatic heterocycles. The van der Waals surface area contributed by atoms with Crippen LogP contribution in [0.1, 0.15) is 30.2 Å². The normalized spacial score (nSPS) is 15.3. The van der Waals surface area contributed by atoms with Gasteiger partial charge in [0.2, 0.25) is 10.0 Å². The fourth-order valence-corrected chi connectivity index (χ4v) is 6.59. The lowest BCUT2D eigenvalue weighted by molar-refractivity contribution is 0.384. The maximum atomic E-state index is 13.3. The molecule has 32 heavy (non-hydrogen) atoms. The van der Waals surface area contributed by atoms with Crippen LogP contribution in [0.4, 0.5) is 9.52 Å². The van der Waals surface area contributed by atoms with Gasteiger partial charge in [-0.05, 0) is 35.7 Å². The summed E-state index contributed by atoms with van der Waals surface area (Å²) < 4.78 is 40.5. The quantitative estimate of drug-likeness (QED) is 0.465. The first kappa shape index (κ1) is 23.2. The minimum Gasteiger partial charge on any atom is -0.345 e. The number of piperazine rings is 1. The highest BCUT2D eigenvalue weighted by Gasteiger charge is 2.31. The lowest BCUT2D eigenvalue weighted by Gasteiger charge is -2.33. The highest BCUT2D eigenvalue weighted by Crippen LogP contribution is 2.28. The maximum absolute atomic E-state index is 13.3. The van der Waals surface area contributed by atoms with Crippen LogP contribution in [-0.4, -0.2) is 43.9 Å². The van der Waals surface area contributed by atoms with E-state index in [9.17, 15) is 12.8 Å². The van der Waals surface area contributed by atoms with E-state index in [1.54, 1.807) is 11.3 Å². The first-order chi connectivity index (χ1) is 15.4. The lowest BCUT2D eigenvalue weighted by Crippen LogP contribution is -2.48. The molecule has 0 aliphatic carbocycles. The Kier molecular flexibility index (Phi) is 7.14. The third kappa shape index (κ3) is 5.14. The first-order valence-corrected chi connectivity index (χ1v) is 13.3. The molecule has 2 aromatic carbocycles. The van der Waals surface area contributed by atoms with Gasteiger partial charge in [0, 0.05) is 38.0 Å². The fraction of sp³-hybridized carbons (Fsp3) is 0.348. The van der Waals surface area contributed by atoms with E-state index in [1.165, 1.54) is 21.5 Å². The summed E-state index contributed by atoms with van der Waals surface area (Å²) >= 11 is 7.57. The Hall–Kier alpha value is -2.00. The van der Waals surface area contributed by atoms with Crippen LogP contribution in [0.3, 0.4) is 0 Å². The van der Waals surface area contributed by atoms with Gasteiger partial charge in [-0.3, -0.25) is 0 Å². The Morgan fingerprint density at radius 3 is 2.41 bits per heavy atom. The summed E-state index contributed by atoms with van der Waals surface area (Å²) in [6, 6.07) is 12.0. The van der Waals surface area contributed by atoms with Crippen LogP contribution >= 0.6 is 22.9 Å². The molecule has 3 aromatic rings. The SMILES string of the molecule is CCCc1ccc(Cc2csc(N3CCN(S(=O)(=O)c4ccc(F)cc4Cl)CC3)n2)cc1. The molecule has 9 heteroatoms. The average Bonchev–Trinajstić information content (AvgIpc) is 3.24. The Labute approximate surface area is 197 Å². The molecule has 170 valence electrons. The van der Waals surface area contributed by atoms with Gasteiger partial charge in [-0.25, -0.2) is 17.8 Å². The van der Waals surface area contributed by atoms with Crippen molar-refractivity contribution in [3.63, 3.8) is 0 Å². The van der Waals surface area contributed by atoms with Crippen molar-refractivity contribution < 1.29 is 12.8 Å². The molecule has 1 aliphatic rings. The van der Waals surface area contributed by atoms with Crippen LogP contribution in [0.25, 0.3) is 0 Å². The number of nitrogens with zero attached hydrogens (tertiary/aromatic N) is 3. The van der Waals surface area contributed by atoms with Crippen molar-refractivity contribution in [3.05, 3.63) is 75.5 Å². The van der Waals surface area contributed by atoms with E-state index in [2.05, 4.69) is 41.5 Å². The molecule has 5 nitrogen and oxygen atoms in total. The number of hydrogen-bond donors (Lipinski definition) is 0. The molecule has 0 saturated carbocycles. The molecule has 0 N–H and O–H groups in total. The Morgan fingerprint density at radius 2 is 1.75 bits per heavy atom. The minimum absolute atomic E-state index is 0.0597. The maximum Gasteiger partial charge on any atom is 0.244 e. The number of aryl methyl sites for hydroxylation is 1. The molecule has 0 unspecified atom stereocenters. The Bertz CT molecular complexity index is 1170. The molecule has 0 bridgehead atoms. The summed E-state index contributed by atoms with van der Waals surface area (Å²) in [4.78, 5) is 6.82. The Balaban J connectivity index is 1.38. The van der Waals surface area contributed by atoms with Crippen LogP contribution in [0, 0.1) is 5.82 Å². The molecule has 1 aromatic heterocycles.